The molecule has 1 aliphatic heterocycles. The first-order valence-electron chi connectivity index (χ1n) is 5.97. The summed E-state index contributed by atoms with van der Waals surface area (Å²) in [6, 6.07) is 0.175. The Hall–Kier alpha value is -1.04. The Labute approximate surface area is 102 Å². The van der Waals surface area contributed by atoms with Crippen LogP contribution in [0.25, 0.3) is 0 Å². The van der Waals surface area contributed by atoms with Crippen LogP contribution in [0.15, 0.2) is 12.4 Å². The average Bonchev–Trinajstić information content (AvgIpc) is 2.38. The first-order valence-corrected chi connectivity index (χ1v) is 5.97. The van der Waals surface area contributed by atoms with E-state index in [0.29, 0.717) is 19.8 Å². The van der Waals surface area contributed by atoms with Crippen molar-refractivity contribution in [2.75, 3.05) is 26.4 Å². The number of aromatic nitrogens is 2. The summed E-state index contributed by atoms with van der Waals surface area (Å²) in [6.07, 6.45) is 3.58. The second-order valence-corrected chi connectivity index (χ2v) is 4.22. The third-order valence-electron chi connectivity index (χ3n) is 2.87. The summed E-state index contributed by atoms with van der Waals surface area (Å²) in [4.78, 5) is 8.58. The molecule has 2 rings (SSSR count). The number of rotatable bonds is 4. The predicted octanol–water partition coefficient (Wildman–Crippen LogP) is 0.851. The summed E-state index contributed by atoms with van der Waals surface area (Å²) in [5.74, 6) is 0. The quantitative estimate of drug-likeness (QED) is 0.841. The van der Waals surface area contributed by atoms with Crippen LogP contribution in [0.4, 0.5) is 0 Å². The number of ether oxygens (including phenoxy) is 2. The largest absolute Gasteiger partial charge is 0.376 e. The minimum absolute atomic E-state index is 0.142. The van der Waals surface area contributed by atoms with Gasteiger partial charge in [-0.3, -0.25) is 9.97 Å². The molecule has 0 spiro atoms. The molecule has 1 N–H and O–H groups in total. The molecule has 0 aromatic carbocycles. The molecular formula is C12H19N3O2. The number of aryl methyl sites for hydroxylation is 1. The van der Waals surface area contributed by atoms with E-state index in [1.807, 2.05) is 6.92 Å². The van der Waals surface area contributed by atoms with Gasteiger partial charge in [-0.05, 0) is 13.8 Å². The summed E-state index contributed by atoms with van der Waals surface area (Å²) in [5.41, 5.74) is 1.96. The number of hydrogen-bond acceptors (Lipinski definition) is 5. The molecule has 2 unspecified atom stereocenters. The van der Waals surface area contributed by atoms with Crippen LogP contribution in [0.5, 0.6) is 0 Å². The molecule has 1 aromatic rings. The van der Waals surface area contributed by atoms with E-state index in [9.17, 15) is 0 Å². The van der Waals surface area contributed by atoms with Crippen molar-refractivity contribution in [1.82, 2.24) is 15.3 Å². The monoisotopic (exact) mass is 237 g/mol. The SMILES string of the molecule is Cc1nccnc1C(C)NCC1COCCO1. The van der Waals surface area contributed by atoms with Crippen LogP contribution in [-0.4, -0.2) is 42.4 Å². The highest BCUT2D eigenvalue weighted by molar-refractivity contribution is 5.12. The fraction of sp³-hybridized carbons (Fsp3) is 0.667. The van der Waals surface area contributed by atoms with Gasteiger partial charge in [-0.2, -0.15) is 0 Å². The summed E-state index contributed by atoms with van der Waals surface area (Å²) in [6.45, 7) is 6.89. The lowest BCUT2D eigenvalue weighted by molar-refractivity contribution is -0.0870. The Kier molecular flexibility index (Phi) is 4.42. The van der Waals surface area contributed by atoms with Gasteiger partial charge in [0.25, 0.3) is 0 Å². The molecular weight excluding hydrogens is 218 g/mol. The molecule has 2 heterocycles. The van der Waals surface area contributed by atoms with Gasteiger partial charge in [0.1, 0.15) is 0 Å². The molecule has 0 bridgehead atoms. The Morgan fingerprint density at radius 1 is 1.41 bits per heavy atom. The fourth-order valence-corrected chi connectivity index (χ4v) is 1.90. The van der Waals surface area contributed by atoms with E-state index in [0.717, 1.165) is 17.9 Å². The Balaban J connectivity index is 1.84. The summed E-state index contributed by atoms with van der Waals surface area (Å²) in [7, 11) is 0. The average molecular weight is 237 g/mol. The van der Waals surface area contributed by atoms with Gasteiger partial charge in [0, 0.05) is 25.0 Å². The van der Waals surface area contributed by atoms with Crippen LogP contribution in [0, 0.1) is 6.92 Å². The summed E-state index contributed by atoms with van der Waals surface area (Å²) >= 11 is 0. The highest BCUT2D eigenvalue weighted by Gasteiger charge is 2.16. The smallest absolute Gasteiger partial charge is 0.0933 e. The van der Waals surface area contributed by atoms with Gasteiger partial charge in [-0.1, -0.05) is 0 Å². The Bertz CT molecular complexity index is 353. The molecule has 94 valence electrons. The van der Waals surface area contributed by atoms with Crippen molar-refractivity contribution in [1.29, 1.82) is 0 Å². The maximum atomic E-state index is 5.57. The van der Waals surface area contributed by atoms with E-state index in [2.05, 4.69) is 22.2 Å². The van der Waals surface area contributed by atoms with E-state index < -0.39 is 0 Å². The van der Waals surface area contributed by atoms with Crippen molar-refractivity contribution in [3.8, 4) is 0 Å². The molecule has 1 fully saturated rings. The zero-order chi connectivity index (χ0) is 12.1. The van der Waals surface area contributed by atoms with Gasteiger partial charge in [0.15, 0.2) is 0 Å². The minimum Gasteiger partial charge on any atom is -0.376 e. The van der Waals surface area contributed by atoms with Crippen LogP contribution < -0.4 is 5.32 Å². The van der Waals surface area contributed by atoms with Crippen molar-refractivity contribution >= 4 is 0 Å². The molecule has 17 heavy (non-hydrogen) atoms. The van der Waals surface area contributed by atoms with Crippen molar-refractivity contribution in [2.24, 2.45) is 0 Å². The first kappa shape index (κ1) is 12.4. The minimum atomic E-state index is 0.142. The lowest BCUT2D eigenvalue weighted by atomic mass is 10.2. The zero-order valence-electron chi connectivity index (χ0n) is 10.3. The van der Waals surface area contributed by atoms with E-state index in [1.54, 1.807) is 12.4 Å². The Morgan fingerprint density at radius 2 is 2.24 bits per heavy atom. The summed E-state index contributed by atoms with van der Waals surface area (Å²) < 4.78 is 10.9. The highest BCUT2D eigenvalue weighted by atomic mass is 16.6. The lowest BCUT2D eigenvalue weighted by Gasteiger charge is -2.25. The molecule has 0 aliphatic carbocycles. The predicted molar refractivity (Wildman–Crippen MR) is 63.7 cm³/mol. The van der Waals surface area contributed by atoms with E-state index in [-0.39, 0.29) is 12.1 Å². The van der Waals surface area contributed by atoms with Crippen LogP contribution in [-0.2, 0) is 9.47 Å². The molecule has 1 aromatic heterocycles. The Morgan fingerprint density at radius 3 is 2.94 bits per heavy atom. The second kappa shape index (κ2) is 6.05. The molecule has 5 heteroatoms. The maximum absolute atomic E-state index is 5.57. The molecule has 0 amide bonds. The van der Waals surface area contributed by atoms with Crippen LogP contribution in [0.3, 0.4) is 0 Å². The third kappa shape index (κ3) is 3.46. The van der Waals surface area contributed by atoms with Crippen molar-refractivity contribution < 1.29 is 9.47 Å². The normalized spacial score (nSPS) is 22.4. The topological polar surface area (TPSA) is 56.3 Å². The molecule has 0 saturated carbocycles. The zero-order valence-corrected chi connectivity index (χ0v) is 10.3. The second-order valence-electron chi connectivity index (χ2n) is 4.22. The van der Waals surface area contributed by atoms with Crippen molar-refractivity contribution in [3.05, 3.63) is 23.8 Å². The summed E-state index contributed by atoms with van der Waals surface area (Å²) in [5, 5.41) is 3.40. The molecule has 5 nitrogen and oxygen atoms in total. The third-order valence-corrected chi connectivity index (χ3v) is 2.87. The molecule has 0 radical (unpaired) electrons. The van der Waals surface area contributed by atoms with Crippen LogP contribution in [0.1, 0.15) is 24.4 Å². The van der Waals surface area contributed by atoms with Gasteiger partial charge in [-0.25, -0.2) is 0 Å². The van der Waals surface area contributed by atoms with E-state index >= 15 is 0 Å². The van der Waals surface area contributed by atoms with Gasteiger partial charge in [-0.15, -0.1) is 0 Å². The molecule has 2 atom stereocenters. The lowest BCUT2D eigenvalue weighted by Crippen LogP contribution is -2.38. The number of nitrogens with one attached hydrogen (secondary N) is 1. The number of nitrogens with zero attached hydrogens (tertiary/aromatic N) is 2. The van der Waals surface area contributed by atoms with Crippen LogP contribution in [0.2, 0.25) is 0 Å². The van der Waals surface area contributed by atoms with Crippen molar-refractivity contribution in [2.45, 2.75) is 26.0 Å². The van der Waals surface area contributed by atoms with Gasteiger partial charge in [0.2, 0.25) is 0 Å². The molecule has 1 aliphatic rings. The van der Waals surface area contributed by atoms with E-state index in [1.165, 1.54) is 0 Å². The maximum Gasteiger partial charge on any atom is 0.0933 e. The number of hydrogen-bond donors (Lipinski definition) is 1. The first-order chi connectivity index (χ1) is 8.27. The molecule has 1 saturated heterocycles. The van der Waals surface area contributed by atoms with Crippen molar-refractivity contribution in [3.63, 3.8) is 0 Å². The standard InChI is InChI=1S/C12H19N3O2/c1-9-12(14-4-3-13-9)10(2)15-7-11-8-16-5-6-17-11/h3-4,10-11,15H,5-8H2,1-2H3. The van der Waals surface area contributed by atoms with Crippen LogP contribution >= 0.6 is 0 Å². The fourth-order valence-electron chi connectivity index (χ4n) is 1.90. The van der Waals surface area contributed by atoms with Gasteiger partial charge >= 0.3 is 0 Å². The van der Waals surface area contributed by atoms with Gasteiger partial charge in [0.05, 0.1) is 37.3 Å². The van der Waals surface area contributed by atoms with E-state index in [4.69, 9.17) is 9.47 Å². The highest BCUT2D eigenvalue weighted by Crippen LogP contribution is 2.12. The van der Waals surface area contributed by atoms with Gasteiger partial charge < -0.3 is 14.8 Å².